The second-order valence-electron chi connectivity index (χ2n) is 4.27. The highest BCUT2D eigenvalue weighted by Crippen LogP contribution is 2.32. The van der Waals surface area contributed by atoms with Crippen LogP contribution in [0.4, 0.5) is 13.2 Å². The summed E-state index contributed by atoms with van der Waals surface area (Å²) in [4.78, 5) is 11.3. The first-order chi connectivity index (χ1) is 9.94. The minimum absolute atomic E-state index is 0.00867. The minimum atomic E-state index is -4.39. The Balaban J connectivity index is 1.67. The Bertz CT molecular complexity index is 501. The predicted octanol–water partition coefficient (Wildman–Crippen LogP) is 2.43. The molecule has 1 aliphatic heterocycles. The van der Waals surface area contributed by atoms with Gasteiger partial charge in [0.1, 0.15) is 13.2 Å². The fraction of sp³-hybridized carbons (Fsp3) is 0.462. The molecule has 0 saturated heterocycles. The van der Waals surface area contributed by atoms with Crippen molar-refractivity contribution in [2.45, 2.75) is 19.2 Å². The van der Waals surface area contributed by atoms with Crippen LogP contribution in [0.1, 0.15) is 12.0 Å². The van der Waals surface area contributed by atoms with E-state index in [4.69, 9.17) is 14.2 Å². The van der Waals surface area contributed by atoms with Crippen molar-refractivity contribution in [3.8, 4) is 11.5 Å². The van der Waals surface area contributed by atoms with Crippen LogP contribution in [0.25, 0.3) is 0 Å². The van der Waals surface area contributed by atoms with E-state index in [0.29, 0.717) is 17.1 Å². The summed E-state index contributed by atoms with van der Waals surface area (Å²) in [5, 5.41) is 0. The van der Waals surface area contributed by atoms with E-state index in [1.807, 2.05) is 0 Å². The zero-order valence-corrected chi connectivity index (χ0v) is 10.9. The van der Waals surface area contributed by atoms with Gasteiger partial charge >= 0.3 is 12.1 Å². The molecule has 0 spiro atoms. The van der Waals surface area contributed by atoms with Crippen molar-refractivity contribution in [3.05, 3.63) is 23.8 Å². The van der Waals surface area contributed by atoms with Gasteiger partial charge in [-0.2, -0.15) is 13.2 Å². The van der Waals surface area contributed by atoms with Gasteiger partial charge in [-0.3, -0.25) is 4.79 Å². The lowest BCUT2D eigenvalue weighted by molar-refractivity contribution is -0.176. The molecule has 0 unspecified atom stereocenters. The highest BCUT2D eigenvalue weighted by atomic mass is 19.4. The lowest BCUT2D eigenvalue weighted by Crippen LogP contribution is -2.18. The standard InChI is InChI=1S/C13H13F3O5/c14-13(15,16)7-18-4-3-12(17)19-6-9-1-2-10-11(5-9)21-8-20-10/h1-2,5H,3-4,6-8H2. The molecule has 0 N–H and O–H groups in total. The SMILES string of the molecule is O=C(CCOCC(F)(F)F)OCc1ccc2c(c1)OCO2. The number of carbonyl (C=O) groups excluding carboxylic acids is 1. The van der Waals surface area contributed by atoms with E-state index in [1.54, 1.807) is 18.2 Å². The van der Waals surface area contributed by atoms with E-state index in [2.05, 4.69) is 4.74 Å². The van der Waals surface area contributed by atoms with Gasteiger partial charge in [-0.1, -0.05) is 6.07 Å². The van der Waals surface area contributed by atoms with Gasteiger partial charge in [-0.15, -0.1) is 0 Å². The number of esters is 1. The fourth-order valence-electron chi connectivity index (χ4n) is 1.61. The third-order valence-electron chi connectivity index (χ3n) is 2.55. The first-order valence-corrected chi connectivity index (χ1v) is 6.13. The molecule has 0 atom stereocenters. The minimum Gasteiger partial charge on any atom is -0.461 e. The van der Waals surface area contributed by atoms with Gasteiger partial charge in [0.05, 0.1) is 13.0 Å². The number of fused-ring (bicyclic) bond motifs is 1. The van der Waals surface area contributed by atoms with Gasteiger partial charge in [-0.05, 0) is 17.7 Å². The largest absolute Gasteiger partial charge is 0.461 e. The number of ether oxygens (including phenoxy) is 4. The molecule has 0 radical (unpaired) electrons. The summed E-state index contributed by atoms with van der Waals surface area (Å²) in [6.07, 6.45) is -4.63. The van der Waals surface area contributed by atoms with Gasteiger partial charge in [-0.25, -0.2) is 0 Å². The maximum atomic E-state index is 11.8. The Hall–Kier alpha value is -1.96. The average Bonchev–Trinajstić information content (AvgIpc) is 2.87. The lowest BCUT2D eigenvalue weighted by Gasteiger charge is -2.08. The molecular formula is C13H13F3O5. The molecule has 0 saturated carbocycles. The van der Waals surface area contributed by atoms with Crippen LogP contribution in [0, 0.1) is 0 Å². The van der Waals surface area contributed by atoms with Gasteiger partial charge < -0.3 is 18.9 Å². The van der Waals surface area contributed by atoms with Crippen molar-refractivity contribution >= 4 is 5.97 Å². The average molecular weight is 306 g/mol. The van der Waals surface area contributed by atoms with Crippen LogP contribution in [0.3, 0.4) is 0 Å². The first kappa shape index (κ1) is 15.4. The maximum Gasteiger partial charge on any atom is 0.411 e. The second kappa shape index (κ2) is 6.66. The summed E-state index contributed by atoms with van der Waals surface area (Å²) in [5.41, 5.74) is 0.698. The zero-order valence-electron chi connectivity index (χ0n) is 10.9. The second-order valence-corrected chi connectivity index (χ2v) is 4.27. The van der Waals surface area contributed by atoms with Gasteiger partial charge in [0.2, 0.25) is 6.79 Å². The van der Waals surface area contributed by atoms with Crippen molar-refractivity contribution in [3.63, 3.8) is 0 Å². The molecule has 0 amide bonds. The van der Waals surface area contributed by atoms with Crippen LogP contribution in [-0.2, 0) is 20.9 Å². The van der Waals surface area contributed by atoms with Crippen LogP contribution in [-0.4, -0.2) is 32.2 Å². The summed E-state index contributed by atoms with van der Waals surface area (Å²) < 4.78 is 54.9. The first-order valence-electron chi connectivity index (χ1n) is 6.13. The normalized spacial score (nSPS) is 13.3. The molecule has 0 aliphatic carbocycles. The van der Waals surface area contributed by atoms with E-state index < -0.39 is 18.8 Å². The fourth-order valence-corrected chi connectivity index (χ4v) is 1.61. The Morgan fingerprint density at radius 1 is 1.24 bits per heavy atom. The number of benzene rings is 1. The van der Waals surface area contributed by atoms with Gasteiger partial charge in [0, 0.05) is 0 Å². The van der Waals surface area contributed by atoms with Crippen LogP contribution < -0.4 is 9.47 Å². The topological polar surface area (TPSA) is 54.0 Å². The van der Waals surface area contributed by atoms with Gasteiger partial charge in [0.25, 0.3) is 0 Å². The lowest BCUT2D eigenvalue weighted by atomic mass is 10.2. The third-order valence-corrected chi connectivity index (χ3v) is 2.55. The molecule has 0 fully saturated rings. The van der Waals surface area contributed by atoms with E-state index in [0.717, 1.165) is 0 Å². The monoisotopic (exact) mass is 306 g/mol. The quantitative estimate of drug-likeness (QED) is 0.597. The molecule has 116 valence electrons. The van der Waals surface area contributed by atoms with E-state index >= 15 is 0 Å². The molecular weight excluding hydrogens is 293 g/mol. The molecule has 1 aromatic carbocycles. The Labute approximate surface area is 118 Å². The molecule has 0 aromatic heterocycles. The number of carbonyl (C=O) groups is 1. The zero-order chi connectivity index (χ0) is 15.3. The molecule has 1 heterocycles. The predicted molar refractivity (Wildman–Crippen MR) is 63.9 cm³/mol. The van der Waals surface area contributed by atoms with Crippen molar-refractivity contribution in [1.82, 2.24) is 0 Å². The summed E-state index contributed by atoms with van der Waals surface area (Å²) in [6.45, 7) is -1.55. The van der Waals surface area contributed by atoms with E-state index in [-0.39, 0.29) is 26.4 Å². The summed E-state index contributed by atoms with van der Waals surface area (Å²) in [5.74, 6) is 0.553. The maximum absolute atomic E-state index is 11.8. The Morgan fingerprint density at radius 3 is 2.76 bits per heavy atom. The summed E-state index contributed by atoms with van der Waals surface area (Å²) >= 11 is 0. The molecule has 1 aliphatic rings. The smallest absolute Gasteiger partial charge is 0.411 e. The number of alkyl halides is 3. The van der Waals surface area contributed by atoms with Crippen molar-refractivity contribution in [2.75, 3.05) is 20.0 Å². The van der Waals surface area contributed by atoms with Crippen LogP contribution in [0.2, 0.25) is 0 Å². The molecule has 1 aromatic rings. The van der Waals surface area contributed by atoms with Crippen molar-refractivity contribution in [2.24, 2.45) is 0 Å². The van der Waals surface area contributed by atoms with Gasteiger partial charge in [0.15, 0.2) is 11.5 Å². The van der Waals surface area contributed by atoms with Crippen molar-refractivity contribution in [1.29, 1.82) is 0 Å². The summed E-state index contributed by atoms with van der Waals surface area (Å²) in [6, 6.07) is 5.08. The van der Waals surface area contributed by atoms with Crippen LogP contribution in [0.5, 0.6) is 11.5 Å². The Kier molecular flexibility index (Phi) is 4.89. The van der Waals surface area contributed by atoms with E-state index in [1.165, 1.54) is 0 Å². The Morgan fingerprint density at radius 2 is 2.00 bits per heavy atom. The third kappa shape index (κ3) is 5.14. The highest BCUT2D eigenvalue weighted by molar-refractivity contribution is 5.69. The van der Waals surface area contributed by atoms with Crippen LogP contribution in [0.15, 0.2) is 18.2 Å². The van der Waals surface area contributed by atoms with Crippen LogP contribution >= 0.6 is 0 Å². The molecule has 8 heteroatoms. The van der Waals surface area contributed by atoms with E-state index in [9.17, 15) is 18.0 Å². The number of rotatable bonds is 6. The highest BCUT2D eigenvalue weighted by Gasteiger charge is 2.27. The molecule has 2 rings (SSSR count). The van der Waals surface area contributed by atoms with Crippen molar-refractivity contribution < 1.29 is 36.9 Å². The molecule has 5 nitrogen and oxygen atoms in total. The number of halogens is 3. The number of hydrogen-bond donors (Lipinski definition) is 0. The summed E-state index contributed by atoms with van der Waals surface area (Å²) in [7, 11) is 0. The number of hydrogen-bond acceptors (Lipinski definition) is 5. The molecule has 0 bridgehead atoms. The molecule has 21 heavy (non-hydrogen) atoms.